The number of benzene rings is 6. The van der Waals surface area contributed by atoms with Crippen molar-refractivity contribution in [3.05, 3.63) is 162 Å². The maximum absolute atomic E-state index is 6.70. The highest BCUT2D eigenvalue weighted by molar-refractivity contribution is 5.83. The molecule has 5 heteroatoms. The monoisotopic (exact) mass is 637 g/mol. The quantitative estimate of drug-likeness (QED) is 0.121. The fourth-order valence-electron chi connectivity index (χ4n) is 6.58. The van der Waals surface area contributed by atoms with Gasteiger partial charge in [0, 0.05) is 25.4 Å². The van der Waals surface area contributed by atoms with Crippen molar-refractivity contribution >= 4 is 21.5 Å². The van der Waals surface area contributed by atoms with Gasteiger partial charge in [0.1, 0.15) is 5.75 Å². The highest BCUT2D eigenvalue weighted by atomic mass is 16.5. The summed E-state index contributed by atoms with van der Waals surface area (Å²) >= 11 is 0. The van der Waals surface area contributed by atoms with E-state index in [0.29, 0.717) is 33.0 Å². The molecule has 3 atom stereocenters. The molecule has 244 valence electrons. The molecule has 0 amide bonds. The van der Waals surface area contributed by atoms with Gasteiger partial charge in [-0.25, -0.2) is 0 Å². The van der Waals surface area contributed by atoms with Crippen LogP contribution in [0, 0.1) is 0 Å². The van der Waals surface area contributed by atoms with Crippen LogP contribution in [-0.4, -0.2) is 38.5 Å². The summed E-state index contributed by atoms with van der Waals surface area (Å²) in [7, 11) is 0. The van der Waals surface area contributed by atoms with E-state index in [2.05, 4.69) is 127 Å². The number of rotatable bonds is 14. The van der Waals surface area contributed by atoms with Crippen LogP contribution in [0.2, 0.25) is 0 Å². The molecule has 0 bridgehead atoms. The van der Waals surface area contributed by atoms with Gasteiger partial charge in [0.15, 0.2) is 0 Å². The van der Waals surface area contributed by atoms with Gasteiger partial charge in [0.05, 0.1) is 45.2 Å². The number of ether oxygens (including phenoxy) is 4. The van der Waals surface area contributed by atoms with Crippen LogP contribution in [0.3, 0.4) is 0 Å². The summed E-state index contributed by atoms with van der Waals surface area (Å²) < 4.78 is 25.3. The van der Waals surface area contributed by atoms with E-state index in [0.717, 1.165) is 25.3 Å². The molecule has 0 spiro atoms. The highest BCUT2D eigenvalue weighted by Gasteiger charge is 2.36. The van der Waals surface area contributed by atoms with E-state index in [9.17, 15) is 0 Å². The zero-order valence-corrected chi connectivity index (χ0v) is 27.3. The van der Waals surface area contributed by atoms with Crippen molar-refractivity contribution in [1.29, 1.82) is 0 Å². The Morgan fingerprint density at radius 1 is 0.500 bits per heavy atom. The van der Waals surface area contributed by atoms with Crippen molar-refractivity contribution in [2.75, 3.05) is 26.3 Å². The smallest absolute Gasteiger partial charge is 0.119 e. The molecule has 0 aromatic heterocycles. The standard InChI is InChI=1S/C43H43NO4/c1-2-9-32(10-3-1)29-45-23-8-24-46-40-21-19-37(20-22-40)43-41(47-30-33-15-17-35-11-4-6-13-38(35)25-33)27-44-28-42(43)48-31-34-16-18-36-12-5-7-14-39(36)26-34/h1-7,9-22,25-26,41-44H,8,23-24,27-31H2/t41-,42+,43?. The minimum atomic E-state index is -0.0552. The Kier molecular flexibility index (Phi) is 10.7. The van der Waals surface area contributed by atoms with Crippen LogP contribution in [0.1, 0.15) is 34.6 Å². The van der Waals surface area contributed by atoms with E-state index in [4.69, 9.17) is 18.9 Å². The van der Waals surface area contributed by atoms with E-state index in [1.165, 1.54) is 43.8 Å². The molecule has 1 unspecified atom stereocenters. The fourth-order valence-corrected chi connectivity index (χ4v) is 6.58. The molecule has 48 heavy (non-hydrogen) atoms. The van der Waals surface area contributed by atoms with Crippen molar-refractivity contribution in [2.24, 2.45) is 0 Å². The van der Waals surface area contributed by atoms with E-state index >= 15 is 0 Å². The van der Waals surface area contributed by atoms with Crippen LogP contribution in [-0.2, 0) is 34.0 Å². The van der Waals surface area contributed by atoms with Crippen LogP contribution in [0.5, 0.6) is 5.75 Å². The first kappa shape index (κ1) is 32.0. The molecular formula is C43H43NO4. The third-order valence-corrected chi connectivity index (χ3v) is 9.13. The largest absolute Gasteiger partial charge is 0.494 e. The molecule has 5 nitrogen and oxygen atoms in total. The first-order chi connectivity index (χ1) is 23.8. The summed E-state index contributed by atoms with van der Waals surface area (Å²) in [5.41, 5.74) is 4.72. The molecule has 1 fully saturated rings. The zero-order chi connectivity index (χ0) is 32.4. The minimum absolute atomic E-state index is 0.0552. The number of nitrogens with one attached hydrogen (secondary N) is 1. The summed E-state index contributed by atoms with van der Waals surface area (Å²) in [5, 5.41) is 8.53. The molecule has 7 rings (SSSR count). The average molecular weight is 638 g/mol. The van der Waals surface area contributed by atoms with Crippen LogP contribution >= 0.6 is 0 Å². The Labute approximate surface area is 283 Å². The first-order valence-corrected chi connectivity index (χ1v) is 17.0. The molecule has 6 aromatic carbocycles. The Balaban J connectivity index is 1.01. The molecular weight excluding hydrogens is 594 g/mol. The third kappa shape index (κ3) is 8.30. The van der Waals surface area contributed by atoms with Gasteiger partial charge in [-0.15, -0.1) is 0 Å². The first-order valence-electron chi connectivity index (χ1n) is 17.0. The number of hydrogen-bond donors (Lipinski definition) is 1. The molecule has 0 saturated carbocycles. The molecule has 0 aliphatic carbocycles. The zero-order valence-electron chi connectivity index (χ0n) is 27.3. The average Bonchev–Trinajstić information content (AvgIpc) is 3.15. The van der Waals surface area contributed by atoms with Gasteiger partial charge in [0.25, 0.3) is 0 Å². The summed E-state index contributed by atoms with van der Waals surface area (Å²) in [6.45, 7) is 4.49. The van der Waals surface area contributed by atoms with Gasteiger partial charge in [-0.05, 0) is 68.1 Å². The summed E-state index contributed by atoms with van der Waals surface area (Å²) in [6.07, 6.45) is 0.721. The van der Waals surface area contributed by atoms with Crippen LogP contribution in [0.15, 0.2) is 140 Å². The normalized spacial score (nSPS) is 17.9. The second-order valence-electron chi connectivity index (χ2n) is 12.6. The van der Waals surface area contributed by atoms with E-state index < -0.39 is 0 Å². The molecule has 6 aromatic rings. The summed E-state index contributed by atoms with van der Waals surface area (Å²) in [6, 6.07) is 48.8. The van der Waals surface area contributed by atoms with Crippen LogP contribution in [0.25, 0.3) is 21.5 Å². The van der Waals surface area contributed by atoms with Gasteiger partial charge in [-0.1, -0.05) is 115 Å². The maximum Gasteiger partial charge on any atom is 0.119 e. The molecule has 1 saturated heterocycles. The predicted molar refractivity (Wildman–Crippen MR) is 193 cm³/mol. The number of hydrogen-bond acceptors (Lipinski definition) is 5. The maximum atomic E-state index is 6.70. The lowest BCUT2D eigenvalue weighted by Gasteiger charge is -2.39. The molecule has 0 radical (unpaired) electrons. The van der Waals surface area contributed by atoms with E-state index in [-0.39, 0.29) is 18.1 Å². The Hall–Kier alpha value is -4.52. The molecule has 1 heterocycles. The Morgan fingerprint density at radius 3 is 1.67 bits per heavy atom. The van der Waals surface area contributed by atoms with Crippen molar-refractivity contribution in [1.82, 2.24) is 5.32 Å². The van der Waals surface area contributed by atoms with Gasteiger partial charge in [0.2, 0.25) is 0 Å². The van der Waals surface area contributed by atoms with E-state index in [1.54, 1.807) is 0 Å². The lowest BCUT2D eigenvalue weighted by Crippen LogP contribution is -2.50. The van der Waals surface area contributed by atoms with E-state index in [1.807, 2.05) is 18.2 Å². The molecule has 1 N–H and O–H groups in total. The van der Waals surface area contributed by atoms with Gasteiger partial charge < -0.3 is 24.3 Å². The highest BCUT2D eigenvalue weighted by Crippen LogP contribution is 2.33. The molecule has 1 aliphatic heterocycles. The molecule has 1 aliphatic rings. The van der Waals surface area contributed by atoms with Crippen molar-refractivity contribution in [3.8, 4) is 5.75 Å². The topological polar surface area (TPSA) is 49.0 Å². The third-order valence-electron chi connectivity index (χ3n) is 9.13. The summed E-state index contributed by atoms with van der Waals surface area (Å²) in [4.78, 5) is 0. The van der Waals surface area contributed by atoms with Crippen molar-refractivity contribution in [3.63, 3.8) is 0 Å². The SMILES string of the molecule is c1ccc(COCCCOc2ccc(C3[C@@H](OCc4ccc5ccccc5c4)CNC[C@H]3OCc3ccc4ccccc4c3)cc2)cc1. The lowest BCUT2D eigenvalue weighted by atomic mass is 9.85. The van der Waals surface area contributed by atoms with Gasteiger partial charge in [-0.2, -0.15) is 0 Å². The Bertz CT molecular complexity index is 1800. The van der Waals surface area contributed by atoms with Crippen molar-refractivity contribution in [2.45, 2.75) is 44.4 Å². The van der Waals surface area contributed by atoms with Gasteiger partial charge >= 0.3 is 0 Å². The van der Waals surface area contributed by atoms with Crippen LogP contribution < -0.4 is 10.1 Å². The second kappa shape index (κ2) is 16.1. The minimum Gasteiger partial charge on any atom is -0.494 e. The number of piperidine rings is 1. The number of fused-ring (bicyclic) bond motifs is 2. The second-order valence-corrected chi connectivity index (χ2v) is 12.6. The van der Waals surface area contributed by atoms with Gasteiger partial charge in [-0.3, -0.25) is 0 Å². The fraction of sp³-hybridized carbons (Fsp3) is 0.256. The lowest BCUT2D eigenvalue weighted by molar-refractivity contribution is -0.0650. The van der Waals surface area contributed by atoms with Crippen LogP contribution in [0.4, 0.5) is 0 Å². The Morgan fingerprint density at radius 2 is 1.06 bits per heavy atom. The summed E-state index contributed by atoms with van der Waals surface area (Å²) in [5.74, 6) is 0.922. The predicted octanol–water partition coefficient (Wildman–Crippen LogP) is 8.84. The van der Waals surface area contributed by atoms with Crippen molar-refractivity contribution < 1.29 is 18.9 Å².